The smallest absolute Gasteiger partial charge is 0.255 e. The lowest BCUT2D eigenvalue weighted by molar-refractivity contribution is 0.102. The van der Waals surface area contributed by atoms with Crippen molar-refractivity contribution in [3.8, 4) is 0 Å². The number of carbonyl (C=O) groups is 1. The van der Waals surface area contributed by atoms with Gasteiger partial charge < -0.3 is 5.32 Å². The van der Waals surface area contributed by atoms with Gasteiger partial charge in [-0.05, 0) is 53.1 Å². The molecule has 1 aromatic heterocycles. The number of rotatable bonds is 6. The zero-order valence-electron chi connectivity index (χ0n) is 14.9. The van der Waals surface area contributed by atoms with Gasteiger partial charge in [-0.3, -0.25) is 4.79 Å². The van der Waals surface area contributed by atoms with Crippen LogP contribution in [0.2, 0.25) is 0 Å². The van der Waals surface area contributed by atoms with Crippen LogP contribution < -0.4 is 5.32 Å². The Balaban J connectivity index is 1.41. The molecule has 1 N–H and O–H groups in total. The fourth-order valence-electron chi connectivity index (χ4n) is 3.33. The van der Waals surface area contributed by atoms with Gasteiger partial charge in [-0.25, -0.2) is 4.68 Å². The number of aromatic nitrogens is 4. The topological polar surface area (TPSA) is 72.7 Å². The Labute approximate surface area is 162 Å². The van der Waals surface area contributed by atoms with Crippen LogP contribution in [0, 0.1) is 0 Å². The molecule has 1 amide bonds. The van der Waals surface area contributed by atoms with Crippen molar-refractivity contribution >= 4 is 23.4 Å². The van der Waals surface area contributed by atoms with Crippen molar-refractivity contribution in [1.29, 1.82) is 0 Å². The normalized spacial score (nSPS) is 14.4. The Bertz CT molecular complexity index is 906. The lowest BCUT2D eigenvalue weighted by Crippen LogP contribution is -2.12. The molecule has 1 saturated carbocycles. The zero-order valence-corrected chi connectivity index (χ0v) is 15.7. The number of para-hydroxylation sites is 1. The number of benzene rings is 2. The molecule has 0 spiro atoms. The molecule has 1 aliphatic carbocycles. The molecule has 0 unspecified atom stereocenters. The van der Waals surface area contributed by atoms with Crippen LogP contribution in [-0.2, 0) is 5.75 Å². The van der Waals surface area contributed by atoms with Crippen LogP contribution >= 0.6 is 11.8 Å². The van der Waals surface area contributed by atoms with Gasteiger partial charge in [0.25, 0.3) is 5.91 Å². The molecule has 1 fully saturated rings. The van der Waals surface area contributed by atoms with E-state index in [1.807, 2.05) is 59.3 Å². The highest BCUT2D eigenvalue weighted by atomic mass is 32.2. The number of nitrogens with zero attached hydrogens (tertiary/aromatic N) is 4. The summed E-state index contributed by atoms with van der Waals surface area (Å²) in [5, 5.41) is 16.0. The van der Waals surface area contributed by atoms with Crippen molar-refractivity contribution in [2.24, 2.45) is 0 Å². The van der Waals surface area contributed by atoms with Gasteiger partial charge in [-0.15, -0.1) is 5.10 Å². The molecule has 0 saturated heterocycles. The number of anilines is 1. The van der Waals surface area contributed by atoms with Crippen LogP contribution in [0.3, 0.4) is 0 Å². The summed E-state index contributed by atoms with van der Waals surface area (Å²) in [4.78, 5) is 12.5. The minimum absolute atomic E-state index is 0.108. The molecular weight excluding hydrogens is 358 g/mol. The summed E-state index contributed by atoms with van der Waals surface area (Å²) in [6, 6.07) is 17.6. The average Bonchev–Trinajstić information content (AvgIpc) is 3.39. The molecular formula is C20H21N5OS. The Morgan fingerprint density at radius 2 is 1.93 bits per heavy atom. The van der Waals surface area contributed by atoms with E-state index in [1.165, 1.54) is 12.8 Å². The predicted molar refractivity (Wildman–Crippen MR) is 106 cm³/mol. The lowest BCUT2D eigenvalue weighted by atomic mass is 10.1. The van der Waals surface area contributed by atoms with E-state index in [9.17, 15) is 4.79 Å². The summed E-state index contributed by atoms with van der Waals surface area (Å²) < 4.78 is 1.96. The first kappa shape index (κ1) is 17.7. The van der Waals surface area contributed by atoms with Crippen LogP contribution in [-0.4, -0.2) is 26.1 Å². The molecule has 0 aliphatic heterocycles. The third-order valence-corrected chi connectivity index (χ3v) is 5.73. The van der Waals surface area contributed by atoms with Crippen LogP contribution in [0.5, 0.6) is 0 Å². The van der Waals surface area contributed by atoms with E-state index in [0.29, 0.717) is 11.6 Å². The van der Waals surface area contributed by atoms with E-state index < -0.39 is 0 Å². The summed E-state index contributed by atoms with van der Waals surface area (Å²) in [6.07, 6.45) is 4.78. The monoisotopic (exact) mass is 379 g/mol. The van der Waals surface area contributed by atoms with Gasteiger partial charge in [0.2, 0.25) is 5.16 Å². The molecule has 6 nitrogen and oxygen atoms in total. The zero-order chi connectivity index (χ0) is 18.5. The van der Waals surface area contributed by atoms with Crippen molar-refractivity contribution in [3.05, 3.63) is 65.7 Å². The van der Waals surface area contributed by atoms with E-state index >= 15 is 0 Å². The van der Waals surface area contributed by atoms with Crippen LogP contribution in [0.1, 0.15) is 47.6 Å². The fraction of sp³-hybridized carbons (Fsp3) is 0.300. The second-order valence-electron chi connectivity index (χ2n) is 6.65. The molecule has 2 aromatic carbocycles. The van der Waals surface area contributed by atoms with E-state index in [1.54, 1.807) is 11.8 Å². The third-order valence-electron chi connectivity index (χ3n) is 4.72. The first-order valence-corrected chi connectivity index (χ1v) is 10.1. The molecule has 4 rings (SSSR count). The van der Waals surface area contributed by atoms with Gasteiger partial charge in [0.15, 0.2) is 0 Å². The SMILES string of the molecule is O=C(Nc1ccccc1)c1cccc(CSc2nnnn2C2CCCC2)c1. The summed E-state index contributed by atoms with van der Waals surface area (Å²) in [5.74, 6) is 0.614. The van der Waals surface area contributed by atoms with E-state index in [4.69, 9.17) is 0 Å². The van der Waals surface area contributed by atoms with E-state index in [2.05, 4.69) is 20.8 Å². The largest absolute Gasteiger partial charge is 0.322 e. The van der Waals surface area contributed by atoms with Crippen LogP contribution in [0.15, 0.2) is 59.8 Å². The molecule has 7 heteroatoms. The first-order chi connectivity index (χ1) is 13.3. The molecule has 1 heterocycles. The van der Waals surface area contributed by atoms with Gasteiger partial charge in [-0.2, -0.15) is 0 Å². The average molecular weight is 379 g/mol. The number of carbonyl (C=O) groups excluding carboxylic acids is 1. The van der Waals surface area contributed by atoms with Crippen LogP contribution in [0.25, 0.3) is 0 Å². The number of hydrogen-bond donors (Lipinski definition) is 1. The third kappa shape index (κ3) is 4.36. The van der Waals surface area contributed by atoms with E-state index in [-0.39, 0.29) is 5.91 Å². The standard InChI is InChI=1S/C20H21N5OS/c26-19(21-17-9-2-1-3-10-17)16-8-6-7-15(13-16)14-27-20-22-23-24-25(20)18-11-4-5-12-18/h1-3,6-10,13,18H,4-5,11-12,14H2,(H,21,26). The van der Waals surface area contributed by atoms with Gasteiger partial charge in [0.1, 0.15) is 0 Å². The van der Waals surface area contributed by atoms with Crippen molar-refractivity contribution in [2.75, 3.05) is 5.32 Å². The Kier molecular flexibility index (Phi) is 5.48. The maximum Gasteiger partial charge on any atom is 0.255 e. The first-order valence-electron chi connectivity index (χ1n) is 9.15. The summed E-state index contributed by atoms with van der Waals surface area (Å²) in [6.45, 7) is 0. The second-order valence-corrected chi connectivity index (χ2v) is 7.60. The number of nitrogens with one attached hydrogen (secondary N) is 1. The van der Waals surface area contributed by atoms with Crippen molar-refractivity contribution in [3.63, 3.8) is 0 Å². The number of hydrogen-bond acceptors (Lipinski definition) is 5. The van der Waals surface area contributed by atoms with Crippen LogP contribution in [0.4, 0.5) is 5.69 Å². The number of thioether (sulfide) groups is 1. The van der Waals surface area contributed by atoms with Gasteiger partial charge in [0, 0.05) is 17.0 Å². The molecule has 27 heavy (non-hydrogen) atoms. The van der Waals surface area contributed by atoms with Crippen molar-refractivity contribution in [2.45, 2.75) is 42.6 Å². The highest BCUT2D eigenvalue weighted by molar-refractivity contribution is 7.98. The van der Waals surface area contributed by atoms with Crippen molar-refractivity contribution < 1.29 is 4.79 Å². The molecule has 0 atom stereocenters. The fourth-order valence-corrected chi connectivity index (χ4v) is 4.22. The Morgan fingerprint density at radius 1 is 1.11 bits per heavy atom. The van der Waals surface area contributed by atoms with E-state index in [0.717, 1.165) is 35.0 Å². The highest BCUT2D eigenvalue weighted by Gasteiger charge is 2.21. The minimum atomic E-state index is -0.108. The van der Waals surface area contributed by atoms with Crippen molar-refractivity contribution in [1.82, 2.24) is 20.2 Å². The highest BCUT2D eigenvalue weighted by Crippen LogP contribution is 2.32. The number of tetrazole rings is 1. The molecule has 3 aromatic rings. The lowest BCUT2D eigenvalue weighted by Gasteiger charge is -2.11. The quantitative estimate of drug-likeness (QED) is 0.645. The number of amides is 1. The molecule has 0 radical (unpaired) electrons. The summed E-state index contributed by atoms with van der Waals surface area (Å²) in [5.41, 5.74) is 2.51. The minimum Gasteiger partial charge on any atom is -0.322 e. The molecule has 138 valence electrons. The maximum atomic E-state index is 12.5. The maximum absolute atomic E-state index is 12.5. The van der Waals surface area contributed by atoms with Gasteiger partial charge >= 0.3 is 0 Å². The molecule has 0 bridgehead atoms. The Hall–Kier alpha value is -2.67. The summed E-state index contributed by atoms with van der Waals surface area (Å²) in [7, 11) is 0. The Morgan fingerprint density at radius 3 is 2.74 bits per heavy atom. The summed E-state index contributed by atoms with van der Waals surface area (Å²) >= 11 is 1.61. The second kappa shape index (κ2) is 8.35. The van der Waals surface area contributed by atoms with Gasteiger partial charge in [0.05, 0.1) is 6.04 Å². The molecule has 1 aliphatic rings. The van der Waals surface area contributed by atoms with Gasteiger partial charge in [-0.1, -0.05) is 54.9 Å². The predicted octanol–water partition coefficient (Wildman–Crippen LogP) is 4.33.